The molecule has 0 unspecified atom stereocenters. The van der Waals surface area contributed by atoms with Crippen LogP contribution in [-0.2, 0) is 6.54 Å². The van der Waals surface area contributed by atoms with Gasteiger partial charge in [0, 0.05) is 24.6 Å². The lowest BCUT2D eigenvalue weighted by atomic mass is 10.2. The second-order valence-electron chi connectivity index (χ2n) is 5.20. The van der Waals surface area contributed by atoms with Crippen LogP contribution < -0.4 is 16.0 Å². The number of nitrogens with zero attached hydrogens (tertiary/aromatic N) is 2. The first-order valence-corrected chi connectivity index (χ1v) is 6.57. The smallest absolute Gasteiger partial charge is 0.313 e. The topological polar surface area (TPSA) is 70.1 Å². The number of hydrogen-bond acceptors (Lipinski definition) is 4. The summed E-state index contributed by atoms with van der Waals surface area (Å²) in [4.78, 5) is 16.2. The minimum Gasteiger partial charge on any atom is -0.435 e. The van der Waals surface area contributed by atoms with E-state index >= 15 is 0 Å². The van der Waals surface area contributed by atoms with Crippen LogP contribution in [0.15, 0.2) is 35.4 Å². The van der Waals surface area contributed by atoms with Crippen LogP contribution >= 0.6 is 0 Å². The van der Waals surface area contributed by atoms with E-state index in [1.807, 2.05) is 6.92 Å². The number of rotatable bonds is 4. The number of aromatic nitrogens is 2. The molecule has 5 nitrogen and oxygen atoms in total. The molecular weight excluding hydrogens is 254 g/mol. The van der Waals surface area contributed by atoms with Crippen LogP contribution in [0, 0.1) is 12.8 Å². The molecule has 0 amide bonds. The van der Waals surface area contributed by atoms with Crippen LogP contribution in [0.4, 0.5) is 5.69 Å². The number of nitrogens with two attached hydrogens (primary N) is 1. The maximum absolute atomic E-state index is 12.2. The van der Waals surface area contributed by atoms with Crippen molar-refractivity contribution in [3.05, 3.63) is 46.5 Å². The summed E-state index contributed by atoms with van der Waals surface area (Å²) in [6, 6.07) is 5.26. The molecule has 20 heavy (non-hydrogen) atoms. The number of nitrogen functional groups attached to an aromatic ring is 1. The molecule has 0 bridgehead atoms. The highest BCUT2D eigenvalue weighted by Crippen LogP contribution is 2.21. The quantitative estimate of drug-likeness (QED) is 0.869. The zero-order valence-corrected chi connectivity index (χ0v) is 12.0. The van der Waals surface area contributed by atoms with Gasteiger partial charge in [0.05, 0.1) is 0 Å². The standard InChI is InChI=1S/C15H19N3O2/c1-10(2)9-18-7-6-17-14(15(18)19)20-12-4-5-13(16)11(3)8-12/h4-8,10H,9,16H2,1-3H3. The Morgan fingerprint density at radius 3 is 2.80 bits per heavy atom. The van der Waals surface area contributed by atoms with Crippen molar-refractivity contribution in [2.45, 2.75) is 27.3 Å². The van der Waals surface area contributed by atoms with Gasteiger partial charge in [-0.05, 0) is 36.6 Å². The van der Waals surface area contributed by atoms with Gasteiger partial charge in [-0.15, -0.1) is 0 Å². The van der Waals surface area contributed by atoms with E-state index in [1.165, 1.54) is 0 Å². The van der Waals surface area contributed by atoms with Gasteiger partial charge in [0.2, 0.25) is 0 Å². The maximum atomic E-state index is 12.2. The van der Waals surface area contributed by atoms with E-state index in [0.717, 1.165) is 5.56 Å². The highest BCUT2D eigenvalue weighted by Gasteiger charge is 2.09. The fourth-order valence-electron chi connectivity index (χ4n) is 1.86. The summed E-state index contributed by atoms with van der Waals surface area (Å²) in [5.74, 6) is 1.02. The summed E-state index contributed by atoms with van der Waals surface area (Å²) in [5.41, 5.74) is 7.12. The normalized spacial score (nSPS) is 10.8. The minimum atomic E-state index is -0.226. The first-order chi connectivity index (χ1) is 9.47. The summed E-state index contributed by atoms with van der Waals surface area (Å²) in [6.07, 6.45) is 3.24. The average Bonchev–Trinajstić information content (AvgIpc) is 2.38. The first kappa shape index (κ1) is 14.1. The molecule has 1 aromatic heterocycles. The highest BCUT2D eigenvalue weighted by atomic mass is 16.5. The van der Waals surface area contributed by atoms with Gasteiger partial charge in [-0.3, -0.25) is 4.79 Å². The van der Waals surface area contributed by atoms with Crippen molar-refractivity contribution in [2.75, 3.05) is 5.73 Å². The van der Waals surface area contributed by atoms with Gasteiger partial charge in [-0.1, -0.05) is 13.8 Å². The van der Waals surface area contributed by atoms with Crippen molar-refractivity contribution in [1.82, 2.24) is 9.55 Å². The first-order valence-electron chi connectivity index (χ1n) is 6.57. The summed E-state index contributed by atoms with van der Waals surface area (Å²) in [7, 11) is 0. The molecule has 1 heterocycles. The molecule has 0 saturated carbocycles. The fraction of sp³-hybridized carbons (Fsp3) is 0.333. The third kappa shape index (κ3) is 3.17. The molecule has 5 heteroatoms. The van der Waals surface area contributed by atoms with Crippen molar-refractivity contribution < 1.29 is 4.74 Å². The summed E-state index contributed by atoms with van der Waals surface area (Å²) in [5, 5.41) is 0. The van der Waals surface area contributed by atoms with Crippen LogP contribution in [0.25, 0.3) is 0 Å². The molecule has 1 aromatic carbocycles. The Labute approximate surface area is 118 Å². The summed E-state index contributed by atoms with van der Waals surface area (Å²) >= 11 is 0. The van der Waals surface area contributed by atoms with Gasteiger partial charge < -0.3 is 15.0 Å². The molecule has 0 fully saturated rings. The molecule has 0 aliphatic heterocycles. The molecule has 0 radical (unpaired) electrons. The molecule has 0 spiro atoms. The number of ether oxygens (including phenoxy) is 1. The van der Waals surface area contributed by atoms with Crippen LogP contribution in [0.2, 0.25) is 0 Å². The van der Waals surface area contributed by atoms with E-state index in [0.29, 0.717) is 23.9 Å². The van der Waals surface area contributed by atoms with Gasteiger partial charge >= 0.3 is 5.56 Å². The lowest BCUT2D eigenvalue weighted by Gasteiger charge is -2.10. The fourth-order valence-corrected chi connectivity index (χ4v) is 1.86. The van der Waals surface area contributed by atoms with E-state index in [-0.39, 0.29) is 11.4 Å². The number of aryl methyl sites for hydroxylation is 1. The Hall–Kier alpha value is -2.30. The summed E-state index contributed by atoms with van der Waals surface area (Å²) in [6.45, 7) is 6.63. The molecule has 2 rings (SSSR count). The van der Waals surface area contributed by atoms with Crippen LogP contribution in [0.1, 0.15) is 19.4 Å². The van der Waals surface area contributed by atoms with Crippen LogP contribution in [0.5, 0.6) is 11.6 Å². The molecule has 2 N–H and O–H groups in total. The van der Waals surface area contributed by atoms with Crippen molar-refractivity contribution in [3.63, 3.8) is 0 Å². The SMILES string of the molecule is Cc1cc(Oc2nccn(CC(C)C)c2=O)ccc1N. The molecule has 106 valence electrons. The Balaban J connectivity index is 2.29. The Morgan fingerprint density at radius 1 is 1.40 bits per heavy atom. The molecule has 0 aliphatic carbocycles. The zero-order chi connectivity index (χ0) is 14.7. The molecule has 2 aromatic rings. The van der Waals surface area contributed by atoms with Crippen molar-refractivity contribution in [1.29, 1.82) is 0 Å². The zero-order valence-electron chi connectivity index (χ0n) is 12.0. The van der Waals surface area contributed by atoms with Crippen LogP contribution in [-0.4, -0.2) is 9.55 Å². The summed E-state index contributed by atoms with van der Waals surface area (Å²) < 4.78 is 7.18. The average molecular weight is 273 g/mol. The van der Waals surface area contributed by atoms with E-state index in [9.17, 15) is 4.79 Å². The van der Waals surface area contributed by atoms with Crippen LogP contribution in [0.3, 0.4) is 0 Å². The van der Waals surface area contributed by atoms with Crippen molar-refractivity contribution in [3.8, 4) is 11.6 Å². The number of benzene rings is 1. The van der Waals surface area contributed by atoms with E-state index < -0.39 is 0 Å². The Bertz CT molecular complexity index is 662. The largest absolute Gasteiger partial charge is 0.435 e. The Kier molecular flexibility index (Phi) is 4.08. The van der Waals surface area contributed by atoms with Gasteiger partial charge in [0.25, 0.3) is 5.88 Å². The molecule has 0 saturated heterocycles. The van der Waals surface area contributed by atoms with E-state index in [4.69, 9.17) is 10.5 Å². The number of anilines is 1. The molecule has 0 atom stereocenters. The predicted octanol–water partition coefficient (Wildman–Crippen LogP) is 2.58. The van der Waals surface area contributed by atoms with Gasteiger partial charge in [-0.25, -0.2) is 4.98 Å². The Morgan fingerprint density at radius 2 is 2.15 bits per heavy atom. The van der Waals surface area contributed by atoms with Crippen molar-refractivity contribution >= 4 is 5.69 Å². The van der Waals surface area contributed by atoms with Gasteiger partial charge in [-0.2, -0.15) is 0 Å². The third-order valence-corrected chi connectivity index (χ3v) is 2.90. The van der Waals surface area contributed by atoms with Crippen molar-refractivity contribution in [2.24, 2.45) is 5.92 Å². The second kappa shape index (κ2) is 5.77. The van der Waals surface area contributed by atoms with Gasteiger partial charge in [0.15, 0.2) is 0 Å². The van der Waals surface area contributed by atoms with E-state index in [1.54, 1.807) is 35.2 Å². The minimum absolute atomic E-state index is 0.0809. The molecular formula is C15H19N3O2. The highest BCUT2D eigenvalue weighted by molar-refractivity contribution is 5.50. The van der Waals surface area contributed by atoms with Gasteiger partial charge in [0.1, 0.15) is 5.75 Å². The second-order valence-corrected chi connectivity index (χ2v) is 5.20. The monoisotopic (exact) mass is 273 g/mol. The predicted molar refractivity (Wildman–Crippen MR) is 79.0 cm³/mol. The lowest BCUT2D eigenvalue weighted by molar-refractivity contribution is 0.432. The molecule has 0 aliphatic rings. The number of hydrogen-bond donors (Lipinski definition) is 1. The third-order valence-electron chi connectivity index (χ3n) is 2.90. The van der Waals surface area contributed by atoms with E-state index in [2.05, 4.69) is 18.8 Å². The maximum Gasteiger partial charge on any atom is 0.313 e. The lowest BCUT2D eigenvalue weighted by Crippen LogP contribution is -2.23.